The van der Waals surface area contributed by atoms with E-state index in [1.807, 2.05) is 78.9 Å². The number of aliphatic hydroxyl groups excluding tert-OH is 4. The number of terminal acetylenes is 3. The lowest BCUT2D eigenvalue weighted by molar-refractivity contribution is 0.141. The molecule has 7 N–H and O–H groups in total. The molecule has 0 saturated carbocycles. The molecule has 6 aromatic carbocycles. The number of nitrogens with one attached hydrogen (secondary N) is 3. The summed E-state index contributed by atoms with van der Waals surface area (Å²) in [5.41, 5.74) is 6.73. The van der Waals surface area contributed by atoms with Crippen molar-refractivity contribution in [2.24, 2.45) is 0 Å². The highest BCUT2D eigenvalue weighted by atomic mass is 16.6. The monoisotopic (exact) mass is 1120 g/mol. The van der Waals surface area contributed by atoms with Gasteiger partial charge in [-0.05, 0) is 72.8 Å². The average Bonchev–Trinajstić information content (AvgIpc) is 3.72. The van der Waals surface area contributed by atoms with E-state index in [0.29, 0.717) is 100 Å². The van der Waals surface area contributed by atoms with E-state index in [1.54, 1.807) is 44.6 Å². The van der Waals surface area contributed by atoms with Crippen molar-refractivity contribution < 1.29 is 58.3 Å². The maximum Gasteiger partial charge on any atom is 0.163 e. The fraction of sp³-hybridized carbons (Fsp3) is 0.226. The van der Waals surface area contributed by atoms with Gasteiger partial charge < -0.3 is 74.3 Å². The molecule has 21 nitrogen and oxygen atoms in total. The molecule has 0 aliphatic heterocycles. The van der Waals surface area contributed by atoms with Crippen LogP contribution in [-0.2, 0) is 9.47 Å². The number of methoxy groups -OCH3 is 2. The molecule has 0 aliphatic rings. The van der Waals surface area contributed by atoms with E-state index in [-0.39, 0.29) is 52.9 Å². The first-order chi connectivity index (χ1) is 40.7. The fourth-order valence-corrected chi connectivity index (χ4v) is 7.73. The molecule has 3 aromatic heterocycles. The van der Waals surface area contributed by atoms with Gasteiger partial charge in [-0.1, -0.05) is 36.0 Å². The molecule has 0 fully saturated rings. The lowest BCUT2D eigenvalue weighted by Gasteiger charge is -2.15. The topological polar surface area (TPSA) is 268 Å². The lowest BCUT2D eigenvalue weighted by atomic mass is 10.2. The fourth-order valence-electron chi connectivity index (χ4n) is 7.73. The van der Waals surface area contributed by atoms with Crippen molar-refractivity contribution in [3.8, 4) is 71.5 Å². The molecular weight excluding hydrogens is 1060 g/mol. The number of fused-ring (bicyclic) bond motifs is 3. The quantitative estimate of drug-likeness (QED) is 0.0203. The number of hydrogen-bond donors (Lipinski definition) is 7. The summed E-state index contributed by atoms with van der Waals surface area (Å²) in [5.74, 6) is 12.5. The predicted molar refractivity (Wildman–Crippen MR) is 317 cm³/mol. The summed E-state index contributed by atoms with van der Waals surface area (Å²) in [4.78, 5) is 25.9. The van der Waals surface area contributed by atoms with E-state index < -0.39 is 0 Å². The van der Waals surface area contributed by atoms with Crippen molar-refractivity contribution in [2.45, 2.75) is 0 Å². The van der Waals surface area contributed by atoms with E-state index in [4.69, 9.17) is 77.6 Å². The summed E-state index contributed by atoms with van der Waals surface area (Å²) in [7, 11) is 3.21. The molecule has 0 saturated heterocycles. The van der Waals surface area contributed by atoms with Gasteiger partial charge in [-0.25, -0.2) is 29.9 Å². The molecule has 0 amide bonds. The number of benzene rings is 6. The molecule has 21 heteroatoms. The van der Waals surface area contributed by atoms with Crippen molar-refractivity contribution in [3.63, 3.8) is 0 Å². The van der Waals surface area contributed by atoms with Crippen molar-refractivity contribution >= 4 is 67.2 Å². The Morgan fingerprint density at radius 2 is 0.639 bits per heavy atom. The number of nitrogens with zero attached hydrogens (tertiary/aromatic N) is 6. The van der Waals surface area contributed by atoms with Crippen molar-refractivity contribution in [3.05, 3.63) is 145 Å². The third-order valence-electron chi connectivity index (χ3n) is 11.5. The minimum Gasteiger partial charge on any atom is -0.487 e. The van der Waals surface area contributed by atoms with Crippen LogP contribution in [0.3, 0.4) is 0 Å². The standard InChI is InChI=1S/2C21H21N3O4.C20H19N3O4/c1-3-15-5-4-6-16(11-15)24-21-17-12-19(28-10-9-26-2)20(27-8-7-25)13-18(17)22-14-23-21;1-3-15-5-4-6-16(11-15)24-21-17-12-19(27-8-7-25)20(28-10-9-26-2)13-18(17)22-14-23-21;1-2-14-4-3-5-15(10-14)23-20-16-11-18(26-8-6-24)19(27-9-7-25)12-17(16)21-13-22-20/h2*1,4-6,11-14,25H,7-10H2,2H3,(H,22,23,24);1,3-5,10-13,24-25H,6-9H2,(H,21,22,23). The Kier molecular flexibility index (Phi) is 23.6. The Balaban J connectivity index is 0.000000179. The Morgan fingerprint density at radius 3 is 0.904 bits per heavy atom. The van der Waals surface area contributed by atoms with Crippen LogP contribution >= 0.6 is 0 Å². The number of aliphatic hydroxyl groups is 4. The van der Waals surface area contributed by atoms with Gasteiger partial charge in [-0.2, -0.15) is 0 Å². The van der Waals surface area contributed by atoms with Gasteiger partial charge in [0, 0.05) is 82.3 Å². The molecule has 0 radical (unpaired) electrons. The summed E-state index contributed by atoms with van der Waals surface area (Å²) in [6, 6.07) is 33.0. The van der Waals surface area contributed by atoms with Gasteiger partial charge in [0.1, 0.15) is 76.1 Å². The maximum absolute atomic E-state index is 9.11. The molecule has 0 spiro atoms. The summed E-state index contributed by atoms with van der Waals surface area (Å²) >= 11 is 0. The summed E-state index contributed by atoms with van der Waals surface area (Å²) < 4.78 is 43.9. The van der Waals surface area contributed by atoms with E-state index in [9.17, 15) is 0 Å². The van der Waals surface area contributed by atoms with Crippen LogP contribution in [-0.4, -0.2) is 144 Å². The average molecular weight is 1120 g/mol. The van der Waals surface area contributed by atoms with Crippen LogP contribution in [0.1, 0.15) is 16.7 Å². The number of anilines is 6. The Bertz CT molecular complexity index is 3700. The Hall–Kier alpha value is -10.0. The largest absolute Gasteiger partial charge is 0.487 e. The van der Waals surface area contributed by atoms with Gasteiger partial charge in [0.05, 0.1) is 56.2 Å². The van der Waals surface area contributed by atoms with Crippen LogP contribution in [0.5, 0.6) is 34.5 Å². The third kappa shape index (κ3) is 17.5. The van der Waals surface area contributed by atoms with Crippen LogP contribution < -0.4 is 44.4 Å². The van der Waals surface area contributed by atoms with Gasteiger partial charge in [-0.3, -0.25) is 0 Å². The molecule has 9 aromatic rings. The van der Waals surface area contributed by atoms with Gasteiger partial charge in [-0.15, -0.1) is 19.3 Å². The third-order valence-corrected chi connectivity index (χ3v) is 11.5. The van der Waals surface area contributed by atoms with Crippen LogP contribution in [0.4, 0.5) is 34.5 Å². The second-order valence-corrected chi connectivity index (χ2v) is 17.1. The second-order valence-electron chi connectivity index (χ2n) is 17.1. The number of rotatable bonds is 26. The Morgan fingerprint density at radius 1 is 0.361 bits per heavy atom. The predicted octanol–water partition coefficient (Wildman–Crippen LogP) is 7.60. The summed E-state index contributed by atoms with van der Waals surface area (Å²) in [5, 5.41) is 48.2. The molecule has 3 heterocycles. The molecule has 0 atom stereocenters. The first-order valence-corrected chi connectivity index (χ1v) is 25.8. The molecule has 0 aliphatic carbocycles. The molecule has 83 heavy (non-hydrogen) atoms. The highest BCUT2D eigenvalue weighted by molar-refractivity contribution is 5.95. The molecule has 0 bridgehead atoms. The smallest absolute Gasteiger partial charge is 0.163 e. The number of ether oxygens (including phenoxy) is 8. The van der Waals surface area contributed by atoms with Crippen LogP contribution in [0.25, 0.3) is 32.7 Å². The number of aromatic nitrogens is 6. The first-order valence-electron chi connectivity index (χ1n) is 25.8. The zero-order chi connectivity index (χ0) is 58.6. The van der Waals surface area contributed by atoms with Gasteiger partial charge in [0.25, 0.3) is 0 Å². The lowest BCUT2D eigenvalue weighted by Crippen LogP contribution is -2.08. The second kappa shape index (κ2) is 32.3. The Labute approximate surface area is 479 Å². The highest BCUT2D eigenvalue weighted by Gasteiger charge is 2.16. The van der Waals surface area contributed by atoms with Gasteiger partial charge in [0.2, 0.25) is 0 Å². The van der Waals surface area contributed by atoms with E-state index >= 15 is 0 Å². The maximum atomic E-state index is 9.11. The van der Waals surface area contributed by atoms with E-state index in [0.717, 1.165) is 44.5 Å². The van der Waals surface area contributed by atoms with Crippen LogP contribution in [0.15, 0.2) is 128 Å². The van der Waals surface area contributed by atoms with E-state index in [1.165, 1.54) is 19.0 Å². The van der Waals surface area contributed by atoms with Crippen LogP contribution in [0.2, 0.25) is 0 Å². The zero-order valence-corrected chi connectivity index (χ0v) is 45.6. The van der Waals surface area contributed by atoms with Gasteiger partial charge in [0.15, 0.2) is 34.5 Å². The molecule has 426 valence electrons. The molecule has 0 unspecified atom stereocenters. The summed E-state index contributed by atoms with van der Waals surface area (Å²) in [6.07, 6.45) is 20.8. The van der Waals surface area contributed by atoms with Gasteiger partial charge >= 0.3 is 0 Å². The molecular formula is C62H61N9O12. The SMILES string of the molecule is C#Cc1cccc(Nc2ncnc3cc(OCCO)c(OCCO)cc23)c1.C#Cc1cccc(Nc2ncnc3cc(OCCO)c(OCCOC)cc23)c1.C#Cc1cccc(Nc2ncnc3cc(OCCOC)c(OCCO)cc23)c1. The first kappa shape index (κ1) is 60.6. The minimum atomic E-state index is -0.132. The van der Waals surface area contributed by atoms with Crippen molar-refractivity contribution in [1.29, 1.82) is 0 Å². The minimum absolute atomic E-state index is 0.0996. The van der Waals surface area contributed by atoms with Crippen molar-refractivity contribution in [1.82, 2.24) is 29.9 Å². The zero-order valence-electron chi connectivity index (χ0n) is 45.6. The van der Waals surface area contributed by atoms with Crippen molar-refractivity contribution in [2.75, 3.05) is 109 Å². The summed E-state index contributed by atoms with van der Waals surface area (Å²) in [6.45, 7) is 1.68. The van der Waals surface area contributed by atoms with E-state index in [2.05, 4.69) is 63.6 Å². The van der Waals surface area contributed by atoms with Crippen LogP contribution in [0, 0.1) is 37.0 Å². The number of hydrogen-bond acceptors (Lipinski definition) is 21. The normalized spacial score (nSPS) is 10.4. The highest BCUT2D eigenvalue weighted by Crippen LogP contribution is 2.38. The molecule has 9 rings (SSSR count).